The molecule has 46 heavy (non-hydrogen) atoms. The molecule has 0 saturated heterocycles. The number of hydrogen-bond acceptors (Lipinski definition) is 3. The maximum absolute atomic E-state index is 13.6. The number of rotatable bonds is 20. The third kappa shape index (κ3) is 9.94. The highest BCUT2D eigenvalue weighted by molar-refractivity contribution is 5.92. The molecule has 0 aliphatic carbocycles. The molecular formula is C43H50O3. The normalized spacial score (nSPS) is 13.8. The van der Waals surface area contributed by atoms with Crippen molar-refractivity contribution in [1.29, 1.82) is 0 Å². The quantitative estimate of drug-likeness (QED) is 0.0931. The van der Waals surface area contributed by atoms with Crippen molar-refractivity contribution < 1.29 is 14.4 Å². The summed E-state index contributed by atoms with van der Waals surface area (Å²) in [6.07, 6.45) is 9.01. The van der Waals surface area contributed by atoms with Crippen molar-refractivity contribution in [3.8, 4) is 0 Å². The first-order chi connectivity index (χ1) is 22.3. The number of carbonyl (C=O) groups is 3. The second-order valence-corrected chi connectivity index (χ2v) is 13.2. The first-order valence-electron chi connectivity index (χ1n) is 17.1. The summed E-state index contributed by atoms with van der Waals surface area (Å²) in [6.45, 7) is 4.16. The largest absolute Gasteiger partial charge is 0.300 e. The molecule has 4 aromatic carbocycles. The molecule has 0 spiro atoms. The number of hydrogen-bond donors (Lipinski definition) is 0. The van der Waals surface area contributed by atoms with Crippen LogP contribution in [0.1, 0.15) is 100 Å². The van der Waals surface area contributed by atoms with Gasteiger partial charge in [-0.3, -0.25) is 14.4 Å². The maximum atomic E-state index is 13.6. The zero-order valence-electron chi connectivity index (χ0n) is 27.8. The second kappa shape index (κ2) is 17.5. The molecule has 0 aliphatic heterocycles. The Balaban J connectivity index is 1.19. The van der Waals surface area contributed by atoms with E-state index in [0.717, 1.165) is 73.6 Å². The van der Waals surface area contributed by atoms with Crippen LogP contribution < -0.4 is 0 Å². The lowest BCUT2D eigenvalue weighted by Crippen LogP contribution is -2.34. The fraction of sp³-hybridized carbons (Fsp3) is 0.372. The van der Waals surface area contributed by atoms with Crippen molar-refractivity contribution in [1.82, 2.24) is 0 Å². The van der Waals surface area contributed by atoms with Crippen LogP contribution in [-0.2, 0) is 38.1 Å². The van der Waals surface area contributed by atoms with Crippen molar-refractivity contribution >= 4 is 17.3 Å². The molecule has 0 bridgehead atoms. The van der Waals surface area contributed by atoms with Gasteiger partial charge in [-0.15, -0.1) is 0 Å². The zero-order valence-corrected chi connectivity index (χ0v) is 27.8. The standard InChI is InChI=1S/C43H50O3/c1-42(37-25-13-5-14-26-37,40(45)33-35-21-9-3-10-22-35)31-19-7-17-29-39(44)30-18-8-20-32-43(2,38-27-15-6-16-28-38)41(46)34-36-23-11-4-12-24-36/h3-6,9-16,21-28H,7-8,17-20,29-34H2,1-2H3. The zero-order chi connectivity index (χ0) is 32.7. The van der Waals surface area contributed by atoms with E-state index in [1.54, 1.807) is 0 Å². The summed E-state index contributed by atoms with van der Waals surface area (Å²) in [5.74, 6) is 0.800. The van der Waals surface area contributed by atoms with Crippen LogP contribution in [0.3, 0.4) is 0 Å². The van der Waals surface area contributed by atoms with E-state index in [4.69, 9.17) is 0 Å². The van der Waals surface area contributed by atoms with Crippen molar-refractivity contribution in [2.24, 2.45) is 0 Å². The fourth-order valence-electron chi connectivity index (χ4n) is 6.53. The molecule has 4 aromatic rings. The monoisotopic (exact) mass is 614 g/mol. The number of ketones is 3. The van der Waals surface area contributed by atoms with E-state index in [2.05, 4.69) is 38.1 Å². The van der Waals surface area contributed by atoms with Crippen LogP contribution >= 0.6 is 0 Å². The smallest absolute Gasteiger partial charge is 0.147 e. The summed E-state index contributed by atoms with van der Waals surface area (Å²) >= 11 is 0. The highest BCUT2D eigenvalue weighted by Gasteiger charge is 2.35. The molecule has 240 valence electrons. The van der Waals surface area contributed by atoms with Crippen molar-refractivity contribution in [2.45, 2.75) is 102 Å². The Hall–Kier alpha value is -4.11. The Bertz CT molecular complexity index is 1380. The molecule has 4 rings (SSSR count). The molecule has 2 unspecified atom stereocenters. The van der Waals surface area contributed by atoms with Crippen LogP contribution in [-0.4, -0.2) is 17.3 Å². The SMILES string of the molecule is CC(CCCCCC(=O)CCCCCC(C)(C(=O)Cc1ccccc1)c1ccccc1)(C(=O)Cc1ccccc1)c1ccccc1. The van der Waals surface area contributed by atoms with Gasteiger partial charge in [0, 0.05) is 25.7 Å². The van der Waals surface area contributed by atoms with Gasteiger partial charge in [-0.2, -0.15) is 0 Å². The van der Waals surface area contributed by atoms with E-state index < -0.39 is 10.8 Å². The number of Topliss-reactive ketones (excluding diaryl/α,β-unsaturated/α-hetero) is 3. The van der Waals surface area contributed by atoms with E-state index >= 15 is 0 Å². The molecule has 3 nitrogen and oxygen atoms in total. The van der Waals surface area contributed by atoms with E-state index in [0.29, 0.717) is 31.5 Å². The topological polar surface area (TPSA) is 51.2 Å². The minimum Gasteiger partial charge on any atom is -0.300 e. The van der Waals surface area contributed by atoms with Crippen molar-refractivity contribution in [2.75, 3.05) is 0 Å². The summed E-state index contributed by atoms with van der Waals surface area (Å²) < 4.78 is 0. The minimum atomic E-state index is -0.544. The van der Waals surface area contributed by atoms with E-state index in [9.17, 15) is 14.4 Å². The molecule has 0 aromatic heterocycles. The van der Waals surface area contributed by atoms with Gasteiger partial charge in [-0.25, -0.2) is 0 Å². The summed E-state index contributed by atoms with van der Waals surface area (Å²) in [4.78, 5) is 39.9. The van der Waals surface area contributed by atoms with Crippen LogP contribution in [0, 0.1) is 0 Å². The highest BCUT2D eigenvalue weighted by Crippen LogP contribution is 2.34. The predicted octanol–water partition coefficient (Wildman–Crippen LogP) is 10.00. The molecule has 0 fully saturated rings. The van der Waals surface area contributed by atoms with Crippen LogP contribution in [0.4, 0.5) is 0 Å². The van der Waals surface area contributed by atoms with Gasteiger partial charge in [-0.1, -0.05) is 147 Å². The van der Waals surface area contributed by atoms with Gasteiger partial charge in [0.2, 0.25) is 0 Å². The third-order valence-electron chi connectivity index (χ3n) is 9.73. The molecule has 0 N–H and O–H groups in total. The fourth-order valence-corrected chi connectivity index (χ4v) is 6.53. The molecule has 2 atom stereocenters. The van der Waals surface area contributed by atoms with Crippen LogP contribution in [0.25, 0.3) is 0 Å². The first-order valence-corrected chi connectivity index (χ1v) is 17.1. The van der Waals surface area contributed by atoms with Gasteiger partial charge < -0.3 is 0 Å². The lowest BCUT2D eigenvalue weighted by molar-refractivity contribution is -0.124. The summed E-state index contributed by atoms with van der Waals surface area (Å²) in [7, 11) is 0. The van der Waals surface area contributed by atoms with Gasteiger partial charge in [0.05, 0.1) is 10.8 Å². The Kier molecular flexibility index (Phi) is 13.3. The van der Waals surface area contributed by atoms with Crippen molar-refractivity contribution in [3.63, 3.8) is 0 Å². The van der Waals surface area contributed by atoms with Gasteiger partial charge >= 0.3 is 0 Å². The van der Waals surface area contributed by atoms with Crippen LogP contribution in [0.5, 0.6) is 0 Å². The molecule has 3 heteroatoms. The Morgan fingerprint density at radius 1 is 0.435 bits per heavy atom. The highest BCUT2D eigenvalue weighted by atomic mass is 16.1. The third-order valence-corrected chi connectivity index (χ3v) is 9.73. The van der Waals surface area contributed by atoms with E-state index in [-0.39, 0.29) is 11.6 Å². The number of benzene rings is 4. The predicted molar refractivity (Wildman–Crippen MR) is 189 cm³/mol. The Labute approximate surface area is 276 Å². The average molecular weight is 615 g/mol. The van der Waals surface area contributed by atoms with Gasteiger partial charge in [0.1, 0.15) is 17.3 Å². The van der Waals surface area contributed by atoms with Crippen LogP contribution in [0.15, 0.2) is 121 Å². The minimum absolute atomic E-state index is 0.242. The molecule has 0 heterocycles. The van der Waals surface area contributed by atoms with Gasteiger partial charge in [0.15, 0.2) is 0 Å². The molecule has 0 saturated carbocycles. The lowest BCUT2D eigenvalue weighted by Gasteiger charge is -2.29. The average Bonchev–Trinajstić information content (AvgIpc) is 3.09. The van der Waals surface area contributed by atoms with Crippen molar-refractivity contribution in [3.05, 3.63) is 144 Å². The van der Waals surface area contributed by atoms with Crippen LogP contribution in [0.2, 0.25) is 0 Å². The number of unbranched alkanes of at least 4 members (excludes halogenated alkanes) is 4. The van der Waals surface area contributed by atoms with Gasteiger partial charge in [0.25, 0.3) is 0 Å². The molecule has 0 amide bonds. The summed E-state index contributed by atoms with van der Waals surface area (Å²) in [5, 5.41) is 0. The van der Waals surface area contributed by atoms with Gasteiger partial charge in [-0.05, 0) is 61.8 Å². The maximum Gasteiger partial charge on any atom is 0.147 e. The number of carbonyl (C=O) groups excluding carboxylic acids is 3. The lowest BCUT2D eigenvalue weighted by atomic mass is 9.73. The molecule has 0 aliphatic rings. The van der Waals surface area contributed by atoms with E-state index in [1.807, 2.05) is 97.1 Å². The molecule has 0 radical (unpaired) electrons. The summed E-state index contributed by atoms with van der Waals surface area (Å²) in [5.41, 5.74) is 3.14. The Morgan fingerprint density at radius 2 is 0.761 bits per heavy atom. The Morgan fingerprint density at radius 3 is 1.11 bits per heavy atom. The first kappa shape index (κ1) is 34.8. The van der Waals surface area contributed by atoms with E-state index in [1.165, 1.54) is 0 Å². The second-order valence-electron chi connectivity index (χ2n) is 13.2. The molecular weight excluding hydrogens is 564 g/mol. The summed E-state index contributed by atoms with van der Waals surface area (Å²) in [6, 6.07) is 40.2.